The van der Waals surface area contributed by atoms with Crippen LogP contribution in [0.15, 0.2) is 48.5 Å². The monoisotopic (exact) mass is 335 g/mol. The number of hydrogen-bond acceptors (Lipinski definition) is 4. The fraction of sp³-hybridized carbons (Fsp3) is 0.222. The van der Waals surface area contributed by atoms with Crippen LogP contribution in [0.2, 0.25) is 0 Å². The maximum absolute atomic E-state index is 12.1. The van der Waals surface area contributed by atoms with Crippen molar-refractivity contribution in [2.75, 3.05) is 12.4 Å². The summed E-state index contributed by atoms with van der Waals surface area (Å²) in [6, 6.07) is 13.8. The van der Waals surface area contributed by atoms with E-state index in [4.69, 9.17) is 4.74 Å². The fourth-order valence-corrected chi connectivity index (χ4v) is 2.38. The second kappa shape index (κ2) is 9.47. The van der Waals surface area contributed by atoms with E-state index in [0.717, 1.165) is 11.3 Å². The summed E-state index contributed by atoms with van der Waals surface area (Å²) >= 11 is 0. The summed E-state index contributed by atoms with van der Waals surface area (Å²) < 4.78 is 5.16. The summed E-state index contributed by atoms with van der Waals surface area (Å²) in [6.07, 6.45) is -0.183. The Balaban J connectivity index is 0.00000288. The van der Waals surface area contributed by atoms with Crippen molar-refractivity contribution in [1.29, 1.82) is 0 Å². The molecule has 6 heteroatoms. The zero-order chi connectivity index (χ0) is 16.8. The molecule has 1 unspecified atom stereocenters. The third kappa shape index (κ3) is 5.37. The zero-order valence-electron chi connectivity index (χ0n) is 14.0. The van der Waals surface area contributed by atoms with Crippen molar-refractivity contribution in [1.82, 2.24) is 0 Å². The molecule has 1 N–H and O–H groups in total. The van der Waals surface area contributed by atoms with Crippen LogP contribution in [-0.2, 0) is 9.59 Å². The van der Waals surface area contributed by atoms with Gasteiger partial charge in [-0.25, -0.2) is 0 Å². The Labute approximate surface area is 163 Å². The topological polar surface area (TPSA) is 78.5 Å². The van der Waals surface area contributed by atoms with Crippen molar-refractivity contribution in [2.24, 2.45) is 0 Å². The number of hydrogen-bond donors (Lipinski definition) is 1. The number of carboxylic acids is 1. The van der Waals surface area contributed by atoms with Crippen LogP contribution in [0, 0.1) is 6.92 Å². The summed E-state index contributed by atoms with van der Waals surface area (Å²) in [4.78, 5) is 23.5. The normalized spacial score (nSPS) is 11.1. The molecule has 0 saturated carbocycles. The van der Waals surface area contributed by atoms with Gasteiger partial charge >= 0.3 is 29.6 Å². The van der Waals surface area contributed by atoms with E-state index in [2.05, 4.69) is 5.32 Å². The largest absolute Gasteiger partial charge is 1.00 e. The van der Waals surface area contributed by atoms with Crippen LogP contribution in [0.1, 0.15) is 23.5 Å². The summed E-state index contributed by atoms with van der Waals surface area (Å²) in [7, 11) is 1.57. The van der Waals surface area contributed by atoms with Crippen LogP contribution in [0.25, 0.3) is 0 Å². The van der Waals surface area contributed by atoms with Gasteiger partial charge in [0, 0.05) is 24.0 Å². The molecule has 0 radical (unpaired) electrons. The number of aryl methyl sites for hydroxylation is 1. The van der Waals surface area contributed by atoms with Crippen molar-refractivity contribution in [3.63, 3.8) is 0 Å². The minimum atomic E-state index is -1.27. The van der Waals surface area contributed by atoms with Gasteiger partial charge in [-0.15, -0.1) is 0 Å². The molecule has 0 saturated heterocycles. The molecular formula is C18H18NNaO4. The average molecular weight is 335 g/mol. The van der Waals surface area contributed by atoms with Crippen molar-refractivity contribution in [2.45, 2.75) is 19.3 Å². The molecule has 0 spiro atoms. The molecule has 0 aliphatic heterocycles. The van der Waals surface area contributed by atoms with Gasteiger partial charge in [0.15, 0.2) is 0 Å². The molecule has 1 amide bonds. The number of aliphatic carboxylic acids is 1. The van der Waals surface area contributed by atoms with E-state index < -0.39 is 11.9 Å². The van der Waals surface area contributed by atoms with E-state index >= 15 is 0 Å². The number of carbonyl (C=O) groups is 2. The molecule has 0 aromatic heterocycles. The van der Waals surface area contributed by atoms with Gasteiger partial charge in [-0.3, -0.25) is 4.79 Å². The standard InChI is InChI=1S/C18H19NO4.Na/c1-12-10-14(8-9-16(12)23-2)19-17(20)11-15(18(21)22)13-6-4-3-5-7-13;/h3-10,15H,11H2,1-2H3,(H,19,20)(H,21,22);/q;+1/p-1. The third-order valence-electron chi connectivity index (χ3n) is 3.55. The van der Waals surface area contributed by atoms with E-state index in [9.17, 15) is 14.7 Å². The maximum atomic E-state index is 12.1. The minimum Gasteiger partial charge on any atom is -0.549 e. The summed E-state index contributed by atoms with van der Waals surface area (Å²) in [5.74, 6) is -1.90. The Bertz CT molecular complexity index is 703. The smallest absolute Gasteiger partial charge is 0.549 e. The Morgan fingerprint density at radius 3 is 2.38 bits per heavy atom. The quantitative estimate of drug-likeness (QED) is 0.678. The van der Waals surface area contributed by atoms with Crippen molar-refractivity contribution in [3.05, 3.63) is 59.7 Å². The van der Waals surface area contributed by atoms with E-state index in [1.165, 1.54) is 0 Å². The molecule has 0 fully saturated rings. The predicted molar refractivity (Wildman–Crippen MR) is 85.2 cm³/mol. The van der Waals surface area contributed by atoms with Gasteiger partial charge in [-0.05, 0) is 36.2 Å². The number of benzene rings is 2. The van der Waals surface area contributed by atoms with Crippen LogP contribution >= 0.6 is 0 Å². The number of ether oxygens (including phenoxy) is 1. The van der Waals surface area contributed by atoms with Crippen molar-refractivity contribution >= 4 is 17.6 Å². The van der Waals surface area contributed by atoms with Crippen molar-refractivity contribution < 1.29 is 49.0 Å². The van der Waals surface area contributed by atoms with Gasteiger partial charge in [-0.2, -0.15) is 0 Å². The van der Waals surface area contributed by atoms with Gasteiger partial charge in [0.25, 0.3) is 0 Å². The first kappa shape index (κ1) is 20.2. The first-order valence-electron chi connectivity index (χ1n) is 7.21. The Morgan fingerprint density at radius 2 is 1.83 bits per heavy atom. The summed E-state index contributed by atoms with van der Waals surface area (Å²) in [6.45, 7) is 1.86. The maximum Gasteiger partial charge on any atom is 1.00 e. The number of nitrogens with one attached hydrogen (secondary N) is 1. The van der Waals surface area contributed by atoms with Gasteiger partial charge < -0.3 is 20.0 Å². The SMILES string of the molecule is COc1ccc(NC(=O)CC(C(=O)[O-])c2ccccc2)cc1C.[Na+]. The third-order valence-corrected chi connectivity index (χ3v) is 3.55. The Kier molecular flexibility index (Phi) is 7.98. The number of rotatable bonds is 6. The molecule has 2 aromatic carbocycles. The molecule has 0 aliphatic rings. The predicted octanol–water partition coefficient (Wildman–Crippen LogP) is -1.13. The molecule has 1 atom stereocenters. The molecule has 2 rings (SSSR count). The minimum absolute atomic E-state index is 0. The first-order valence-corrected chi connectivity index (χ1v) is 7.21. The molecule has 0 heterocycles. The van der Waals surface area contributed by atoms with E-state index in [0.29, 0.717) is 11.3 Å². The van der Waals surface area contributed by atoms with E-state index in [-0.39, 0.29) is 41.9 Å². The van der Waals surface area contributed by atoms with Crippen molar-refractivity contribution in [3.8, 4) is 5.75 Å². The number of methoxy groups -OCH3 is 1. The van der Waals surface area contributed by atoms with Crippen LogP contribution in [0.4, 0.5) is 5.69 Å². The Morgan fingerprint density at radius 1 is 1.17 bits per heavy atom. The van der Waals surface area contributed by atoms with Gasteiger partial charge in [0.1, 0.15) is 5.75 Å². The summed E-state index contributed by atoms with van der Waals surface area (Å²) in [5.41, 5.74) is 2.02. The molecule has 120 valence electrons. The second-order valence-corrected chi connectivity index (χ2v) is 5.22. The van der Waals surface area contributed by atoms with Gasteiger partial charge in [0.2, 0.25) is 5.91 Å². The number of carbonyl (C=O) groups excluding carboxylic acids is 2. The number of amides is 1. The Hall–Kier alpha value is -1.82. The van der Waals surface area contributed by atoms with E-state index in [1.807, 2.05) is 6.92 Å². The molecule has 5 nitrogen and oxygen atoms in total. The van der Waals surface area contributed by atoms with Crippen LogP contribution < -0.4 is 44.7 Å². The van der Waals surface area contributed by atoms with Crippen LogP contribution in [0.5, 0.6) is 5.75 Å². The van der Waals surface area contributed by atoms with Crippen LogP contribution in [0.3, 0.4) is 0 Å². The second-order valence-electron chi connectivity index (χ2n) is 5.22. The summed E-state index contributed by atoms with van der Waals surface area (Å²) in [5, 5.41) is 14.0. The zero-order valence-corrected chi connectivity index (χ0v) is 16.0. The first-order chi connectivity index (χ1) is 11.0. The average Bonchev–Trinajstić information content (AvgIpc) is 2.53. The van der Waals surface area contributed by atoms with Crippen LogP contribution in [-0.4, -0.2) is 19.0 Å². The molecule has 24 heavy (non-hydrogen) atoms. The van der Waals surface area contributed by atoms with Gasteiger partial charge in [0.05, 0.1) is 7.11 Å². The van der Waals surface area contributed by atoms with E-state index in [1.54, 1.807) is 55.6 Å². The molecule has 0 bridgehead atoms. The number of anilines is 1. The molecule has 2 aromatic rings. The molecule has 0 aliphatic carbocycles. The molecular weight excluding hydrogens is 317 g/mol. The number of carboxylic acid groups (broad SMARTS) is 1. The fourth-order valence-electron chi connectivity index (χ4n) is 2.38. The van der Waals surface area contributed by atoms with Gasteiger partial charge in [-0.1, -0.05) is 30.3 Å².